The molecule has 38 heavy (non-hydrogen) atoms. The molecular weight excluding hydrogens is 482 g/mol. The van der Waals surface area contributed by atoms with Crippen molar-refractivity contribution in [2.45, 2.75) is 46.8 Å². The number of carbonyl (C=O) groups is 2. The Labute approximate surface area is 219 Å². The summed E-state index contributed by atoms with van der Waals surface area (Å²) >= 11 is 0. The molecule has 4 rings (SSSR count). The first kappa shape index (κ1) is 26.3. The highest BCUT2D eigenvalue weighted by molar-refractivity contribution is 6.06. The molecule has 10 nitrogen and oxygen atoms in total. The van der Waals surface area contributed by atoms with Crippen molar-refractivity contribution in [1.29, 1.82) is 5.26 Å². The van der Waals surface area contributed by atoms with E-state index in [1.807, 2.05) is 57.2 Å². The molecular formula is C28H29N7O3. The number of fused-ring (bicyclic) bond motifs is 1. The lowest BCUT2D eigenvalue weighted by molar-refractivity contribution is -0.125. The van der Waals surface area contributed by atoms with Crippen molar-refractivity contribution in [2.75, 3.05) is 0 Å². The molecule has 0 spiro atoms. The fourth-order valence-corrected chi connectivity index (χ4v) is 4.15. The summed E-state index contributed by atoms with van der Waals surface area (Å²) in [5.74, 6) is -0.553. The van der Waals surface area contributed by atoms with E-state index in [9.17, 15) is 14.4 Å². The van der Waals surface area contributed by atoms with Crippen LogP contribution < -0.4 is 16.2 Å². The summed E-state index contributed by atoms with van der Waals surface area (Å²) in [4.78, 5) is 45.2. The van der Waals surface area contributed by atoms with Crippen molar-refractivity contribution >= 4 is 22.7 Å². The number of amides is 2. The van der Waals surface area contributed by atoms with E-state index < -0.39 is 23.3 Å². The van der Waals surface area contributed by atoms with Gasteiger partial charge in [0.1, 0.15) is 11.9 Å². The number of aromatic amines is 1. The van der Waals surface area contributed by atoms with Crippen LogP contribution in [0.2, 0.25) is 0 Å². The lowest BCUT2D eigenvalue weighted by Gasteiger charge is -2.30. The minimum atomic E-state index is -0.881. The third kappa shape index (κ3) is 5.95. The molecule has 3 N–H and O–H groups in total. The van der Waals surface area contributed by atoms with Gasteiger partial charge in [0.05, 0.1) is 30.2 Å². The van der Waals surface area contributed by atoms with E-state index in [1.165, 1.54) is 6.07 Å². The minimum absolute atomic E-state index is 0.0142. The number of H-pyrrole nitrogens is 1. The number of para-hydroxylation sites is 1. The Kier molecular flexibility index (Phi) is 7.39. The van der Waals surface area contributed by atoms with Crippen molar-refractivity contribution in [3.8, 4) is 6.07 Å². The van der Waals surface area contributed by atoms with Crippen LogP contribution in [0.1, 0.15) is 53.9 Å². The predicted molar refractivity (Wildman–Crippen MR) is 142 cm³/mol. The lowest BCUT2D eigenvalue weighted by atomic mass is 9.86. The van der Waals surface area contributed by atoms with E-state index in [2.05, 4.69) is 31.8 Å². The first-order chi connectivity index (χ1) is 18.0. The van der Waals surface area contributed by atoms with Crippen LogP contribution in [0.5, 0.6) is 0 Å². The molecule has 2 aromatic carbocycles. The number of aromatic nitrogens is 4. The number of aryl methyl sites for hydroxylation is 1. The number of hydrogen-bond donors (Lipinski definition) is 3. The van der Waals surface area contributed by atoms with Gasteiger partial charge in [-0.05, 0) is 36.1 Å². The average Bonchev–Trinajstić information content (AvgIpc) is 3.23. The van der Waals surface area contributed by atoms with Crippen LogP contribution in [0.15, 0.2) is 59.4 Å². The molecule has 2 heterocycles. The van der Waals surface area contributed by atoms with Crippen LogP contribution in [0, 0.1) is 23.7 Å². The van der Waals surface area contributed by atoms with Gasteiger partial charge in [-0.3, -0.25) is 19.1 Å². The fourth-order valence-electron chi connectivity index (χ4n) is 4.15. The van der Waals surface area contributed by atoms with Gasteiger partial charge in [-0.25, -0.2) is 4.98 Å². The normalized spacial score (nSPS) is 12.1. The summed E-state index contributed by atoms with van der Waals surface area (Å²) < 4.78 is 1.73. The summed E-state index contributed by atoms with van der Waals surface area (Å²) in [6, 6.07) is 17.2. The number of hydrogen-bond acceptors (Lipinski definition) is 6. The monoisotopic (exact) mass is 511 g/mol. The molecule has 0 aliphatic rings. The van der Waals surface area contributed by atoms with E-state index in [-0.39, 0.29) is 17.8 Å². The maximum absolute atomic E-state index is 13.5. The Morgan fingerprint density at radius 2 is 1.84 bits per heavy atom. The number of rotatable bonds is 7. The van der Waals surface area contributed by atoms with Gasteiger partial charge in [-0.1, -0.05) is 51.1 Å². The second-order valence-electron chi connectivity index (χ2n) is 10.2. The van der Waals surface area contributed by atoms with Gasteiger partial charge in [0.2, 0.25) is 5.91 Å². The highest BCUT2D eigenvalue weighted by atomic mass is 16.2. The smallest absolute Gasteiger partial charge is 0.273 e. The minimum Gasteiger partial charge on any atom is -0.347 e. The van der Waals surface area contributed by atoms with Crippen molar-refractivity contribution in [3.05, 3.63) is 93.3 Å². The number of nitrogens with zero attached hydrogens (tertiary/aromatic N) is 4. The zero-order valence-electron chi connectivity index (χ0n) is 21.7. The summed E-state index contributed by atoms with van der Waals surface area (Å²) in [6.07, 6.45) is 0. The highest BCUT2D eigenvalue weighted by Gasteiger charge is 2.34. The Balaban J connectivity index is 1.56. The average molecular weight is 512 g/mol. The van der Waals surface area contributed by atoms with Gasteiger partial charge < -0.3 is 15.6 Å². The molecule has 0 aliphatic heterocycles. The summed E-state index contributed by atoms with van der Waals surface area (Å²) in [5, 5.41) is 19.9. The largest absolute Gasteiger partial charge is 0.347 e. The van der Waals surface area contributed by atoms with E-state index in [4.69, 9.17) is 5.26 Å². The molecule has 0 saturated carbocycles. The van der Waals surface area contributed by atoms with Gasteiger partial charge in [0.15, 0.2) is 5.69 Å². The zero-order chi connectivity index (χ0) is 27.4. The molecule has 4 aromatic rings. The Morgan fingerprint density at radius 1 is 1.13 bits per heavy atom. The van der Waals surface area contributed by atoms with Crippen LogP contribution in [0.3, 0.4) is 0 Å². The SMILES string of the molecule is Cc1cc(=O)[nH]c(CNC(=O)C(NC(=O)c2nn(Cc3ccc(C#N)cc3)c3ccccc23)C(C)(C)C)n1. The number of nitriles is 1. The maximum atomic E-state index is 13.5. The number of benzene rings is 2. The lowest BCUT2D eigenvalue weighted by Crippen LogP contribution is -2.53. The van der Waals surface area contributed by atoms with E-state index >= 15 is 0 Å². The van der Waals surface area contributed by atoms with E-state index in [1.54, 1.807) is 23.7 Å². The molecule has 0 fully saturated rings. The zero-order valence-corrected chi connectivity index (χ0v) is 21.7. The third-order valence-electron chi connectivity index (χ3n) is 6.04. The van der Waals surface area contributed by atoms with Gasteiger partial charge in [-0.2, -0.15) is 10.4 Å². The molecule has 2 aromatic heterocycles. The maximum Gasteiger partial charge on any atom is 0.273 e. The quantitative estimate of drug-likeness (QED) is 0.348. The van der Waals surface area contributed by atoms with Crippen molar-refractivity contribution < 1.29 is 9.59 Å². The second kappa shape index (κ2) is 10.7. The molecule has 10 heteroatoms. The van der Waals surface area contributed by atoms with Crippen LogP contribution in [0.4, 0.5) is 0 Å². The van der Waals surface area contributed by atoms with E-state index in [0.717, 1.165) is 11.1 Å². The molecule has 1 unspecified atom stereocenters. The van der Waals surface area contributed by atoms with Gasteiger partial charge >= 0.3 is 0 Å². The molecule has 0 bridgehead atoms. The number of carbonyl (C=O) groups excluding carboxylic acids is 2. The van der Waals surface area contributed by atoms with Crippen LogP contribution in [-0.2, 0) is 17.9 Å². The van der Waals surface area contributed by atoms with Crippen molar-refractivity contribution in [1.82, 2.24) is 30.4 Å². The Hall–Kier alpha value is -4.78. The predicted octanol–water partition coefficient (Wildman–Crippen LogP) is 2.81. The van der Waals surface area contributed by atoms with Gasteiger partial charge in [0.25, 0.3) is 11.5 Å². The molecule has 2 amide bonds. The van der Waals surface area contributed by atoms with E-state index in [0.29, 0.717) is 29.0 Å². The van der Waals surface area contributed by atoms with Gasteiger partial charge in [0, 0.05) is 17.1 Å². The molecule has 0 aliphatic carbocycles. The van der Waals surface area contributed by atoms with Crippen LogP contribution in [0.25, 0.3) is 10.9 Å². The summed E-state index contributed by atoms with van der Waals surface area (Å²) in [6.45, 7) is 7.68. The topological polar surface area (TPSA) is 146 Å². The fraction of sp³-hybridized carbons (Fsp3) is 0.286. The molecule has 1 atom stereocenters. The molecule has 0 saturated heterocycles. The van der Waals surface area contributed by atoms with Crippen LogP contribution in [-0.4, -0.2) is 37.6 Å². The van der Waals surface area contributed by atoms with Gasteiger partial charge in [-0.15, -0.1) is 0 Å². The molecule has 0 radical (unpaired) electrons. The van der Waals surface area contributed by atoms with Crippen molar-refractivity contribution in [3.63, 3.8) is 0 Å². The Morgan fingerprint density at radius 3 is 2.50 bits per heavy atom. The number of nitrogens with one attached hydrogen (secondary N) is 3. The Bertz CT molecular complexity index is 1590. The summed E-state index contributed by atoms with van der Waals surface area (Å²) in [5.41, 5.74) is 2.10. The van der Waals surface area contributed by atoms with Crippen molar-refractivity contribution in [2.24, 2.45) is 5.41 Å². The third-order valence-corrected chi connectivity index (χ3v) is 6.04. The first-order valence-corrected chi connectivity index (χ1v) is 12.1. The second-order valence-corrected chi connectivity index (χ2v) is 10.2. The molecule has 194 valence electrons. The summed E-state index contributed by atoms with van der Waals surface area (Å²) in [7, 11) is 0. The first-order valence-electron chi connectivity index (χ1n) is 12.1. The standard InChI is InChI=1S/C28H29N7O3/c1-17-13-23(36)32-22(31-17)15-30-27(38)25(28(2,3)4)33-26(37)24-20-7-5-6-8-21(20)35(34-24)16-19-11-9-18(14-29)10-12-19/h5-13,25H,15-16H2,1-4H3,(H,30,38)(H,33,37)(H,31,32,36). The highest BCUT2D eigenvalue weighted by Crippen LogP contribution is 2.23. The van der Waals surface area contributed by atoms with Crippen LogP contribution >= 0.6 is 0 Å².